The van der Waals surface area contributed by atoms with Gasteiger partial charge in [0.25, 0.3) is 0 Å². The van der Waals surface area contributed by atoms with E-state index in [1.807, 2.05) is 0 Å². The molecule has 2 saturated heterocycles. The van der Waals surface area contributed by atoms with Crippen LogP contribution in [0.1, 0.15) is 51.4 Å². The third-order valence-electron chi connectivity index (χ3n) is 4.72. The van der Waals surface area contributed by atoms with Gasteiger partial charge in [0.15, 0.2) is 0 Å². The second-order valence-corrected chi connectivity index (χ2v) is 5.66. The predicted octanol–water partition coefficient (Wildman–Crippen LogP) is 2.50. The third kappa shape index (κ3) is 1.83. The molecule has 2 bridgehead atoms. The summed E-state index contributed by atoms with van der Waals surface area (Å²) < 4.78 is 5.84. The zero-order valence-electron chi connectivity index (χ0n) is 9.40. The van der Waals surface area contributed by atoms with Gasteiger partial charge in [0, 0.05) is 5.92 Å². The highest BCUT2D eigenvalue weighted by atomic mass is 16.5. The summed E-state index contributed by atoms with van der Waals surface area (Å²) in [6.07, 6.45) is 10.9. The number of hydrogen-bond acceptors (Lipinski definition) is 2. The smallest absolute Gasteiger partial charge is 0.0633 e. The fourth-order valence-electron chi connectivity index (χ4n) is 3.86. The lowest BCUT2D eigenvalue weighted by Gasteiger charge is -2.33. The molecule has 0 aromatic rings. The zero-order valence-corrected chi connectivity index (χ0v) is 9.40. The van der Waals surface area contributed by atoms with Gasteiger partial charge in [-0.1, -0.05) is 19.3 Å². The quantitative estimate of drug-likeness (QED) is 0.758. The standard InChI is InChI=1S/C13H22O2/c14-13(9-4-2-1-3-5-9)11-8-10-6-7-12(11)15-10/h9-14H,1-8H2. The lowest BCUT2D eigenvalue weighted by atomic mass is 9.75. The van der Waals surface area contributed by atoms with Crippen LogP contribution in [0.3, 0.4) is 0 Å². The Balaban J connectivity index is 1.61. The summed E-state index contributed by atoms with van der Waals surface area (Å²) >= 11 is 0. The van der Waals surface area contributed by atoms with Crippen molar-refractivity contribution in [2.45, 2.75) is 69.7 Å². The highest BCUT2D eigenvalue weighted by Gasteiger charge is 2.45. The normalized spacial score (nSPS) is 43.4. The van der Waals surface area contributed by atoms with E-state index in [9.17, 15) is 5.11 Å². The van der Waals surface area contributed by atoms with Gasteiger partial charge in [-0.25, -0.2) is 0 Å². The van der Waals surface area contributed by atoms with Crippen molar-refractivity contribution >= 4 is 0 Å². The molecule has 3 aliphatic rings. The lowest BCUT2D eigenvalue weighted by Crippen LogP contribution is -2.36. The largest absolute Gasteiger partial charge is 0.392 e. The molecule has 3 rings (SSSR count). The Morgan fingerprint density at radius 3 is 2.40 bits per heavy atom. The van der Waals surface area contributed by atoms with Crippen LogP contribution in [0.25, 0.3) is 0 Å². The van der Waals surface area contributed by atoms with Crippen LogP contribution < -0.4 is 0 Å². The van der Waals surface area contributed by atoms with E-state index in [0.29, 0.717) is 24.0 Å². The number of hydrogen-bond donors (Lipinski definition) is 1. The van der Waals surface area contributed by atoms with Gasteiger partial charge in [0.05, 0.1) is 18.3 Å². The van der Waals surface area contributed by atoms with Crippen LogP contribution in [-0.2, 0) is 4.74 Å². The number of ether oxygens (including phenoxy) is 1. The highest BCUT2D eigenvalue weighted by Crippen LogP contribution is 2.43. The molecule has 15 heavy (non-hydrogen) atoms. The Kier molecular flexibility index (Phi) is 2.73. The van der Waals surface area contributed by atoms with Crippen LogP contribution >= 0.6 is 0 Å². The Labute approximate surface area is 92.0 Å². The van der Waals surface area contributed by atoms with Gasteiger partial charge in [-0.2, -0.15) is 0 Å². The van der Waals surface area contributed by atoms with Crippen molar-refractivity contribution in [3.05, 3.63) is 0 Å². The fraction of sp³-hybridized carbons (Fsp3) is 1.00. The summed E-state index contributed by atoms with van der Waals surface area (Å²) in [5.41, 5.74) is 0. The minimum Gasteiger partial charge on any atom is -0.392 e. The first kappa shape index (κ1) is 10.1. The average molecular weight is 210 g/mol. The molecule has 1 saturated carbocycles. The number of fused-ring (bicyclic) bond motifs is 2. The van der Waals surface area contributed by atoms with Gasteiger partial charge in [0.1, 0.15) is 0 Å². The Hall–Kier alpha value is -0.0800. The first-order chi connectivity index (χ1) is 7.34. The van der Waals surface area contributed by atoms with Crippen LogP contribution in [0.4, 0.5) is 0 Å². The minimum atomic E-state index is -0.0689. The first-order valence-corrected chi connectivity index (χ1v) is 6.68. The topological polar surface area (TPSA) is 29.5 Å². The van der Waals surface area contributed by atoms with Crippen molar-refractivity contribution in [1.82, 2.24) is 0 Å². The minimum absolute atomic E-state index is 0.0689. The highest BCUT2D eigenvalue weighted by molar-refractivity contribution is 4.94. The van der Waals surface area contributed by atoms with E-state index in [1.165, 1.54) is 44.9 Å². The monoisotopic (exact) mass is 210 g/mol. The van der Waals surface area contributed by atoms with E-state index in [0.717, 1.165) is 6.42 Å². The van der Waals surface area contributed by atoms with Crippen LogP contribution in [0.2, 0.25) is 0 Å². The van der Waals surface area contributed by atoms with Crippen molar-refractivity contribution in [2.24, 2.45) is 11.8 Å². The predicted molar refractivity (Wildman–Crippen MR) is 58.6 cm³/mol. The average Bonchev–Trinajstić information content (AvgIpc) is 2.91. The van der Waals surface area contributed by atoms with Gasteiger partial charge in [-0.15, -0.1) is 0 Å². The van der Waals surface area contributed by atoms with Gasteiger partial charge in [0.2, 0.25) is 0 Å². The maximum absolute atomic E-state index is 10.4. The van der Waals surface area contributed by atoms with E-state index in [1.54, 1.807) is 0 Å². The van der Waals surface area contributed by atoms with E-state index in [-0.39, 0.29) is 6.10 Å². The molecule has 2 heteroatoms. The fourth-order valence-corrected chi connectivity index (χ4v) is 3.86. The summed E-state index contributed by atoms with van der Waals surface area (Å²) in [6.45, 7) is 0. The molecule has 86 valence electrons. The van der Waals surface area contributed by atoms with Crippen LogP contribution in [0.5, 0.6) is 0 Å². The molecule has 2 heterocycles. The third-order valence-corrected chi connectivity index (χ3v) is 4.72. The molecule has 1 aliphatic carbocycles. The Bertz CT molecular complexity index is 223. The molecule has 4 unspecified atom stereocenters. The van der Waals surface area contributed by atoms with E-state index in [2.05, 4.69) is 0 Å². The summed E-state index contributed by atoms with van der Waals surface area (Å²) in [6, 6.07) is 0. The van der Waals surface area contributed by atoms with Gasteiger partial charge in [-0.05, 0) is 38.0 Å². The second-order valence-electron chi connectivity index (χ2n) is 5.66. The molecule has 0 aromatic heterocycles. The summed E-state index contributed by atoms with van der Waals surface area (Å²) in [5, 5.41) is 10.4. The zero-order chi connectivity index (χ0) is 10.3. The number of rotatable bonds is 2. The molecular weight excluding hydrogens is 188 g/mol. The first-order valence-electron chi connectivity index (χ1n) is 6.68. The van der Waals surface area contributed by atoms with Crippen molar-refractivity contribution in [3.8, 4) is 0 Å². The van der Waals surface area contributed by atoms with Crippen molar-refractivity contribution in [1.29, 1.82) is 0 Å². The van der Waals surface area contributed by atoms with E-state index in [4.69, 9.17) is 4.74 Å². The van der Waals surface area contributed by atoms with Crippen LogP contribution in [0, 0.1) is 11.8 Å². The van der Waals surface area contributed by atoms with Crippen LogP contribution in [0.15, 0.2) is 0 Å². The number of aliphatic hydroxyl groups is 1. The molecule has 0 amide bonds. The summed E-state index contributed by atoms with van der Waals surface area (Å²) in [4.78, 5) is 0. The van der Waals surface area contributed by atoms with E-state index < -0.39 is 0 Å². The lowest BCUT2D eigenvalue weighted by molar-refractivity contribution is -0.000228. The molecule has 2 aliphatic heterocycles. The Morgan fingerprint density at radius 1 is 1.00 bits per heavy atom. The number of aliphatic hydroxyl groups excluding tert-OH is 1. The SMILES string of the molecule is OC(C1CCCCC1)C1CC2CCC1O2. The van der Waals surface area contributed by atoms with Crippen LogP contribution in [-0.4, -0.2) is 23.4 Å². The van der Waals surface area contributed by atoms with Gasteiger partial charge >= 0.3 is 0 Å². The molecular formula is C13H22O2. The molecule has 0 spiro atoms. The van der Waals surface area contributed by atoms with Crippen molar-refractivity contribution in [3.63, 3.8) is 0 Å². The van der Waals surface area contributed by atoms with Crippen molar-refractivity contribution < 1.29 is 9.84 Å². The van der Waals surface area contributed by atoms with Gasteiger partial charge < -0.3 is 9.84 Å². The van der Waals surface area contributed by atoms with E-state index >= 15 is 0 Å². The summed E-state index contributed by atoms with van der Waals surface area (Å²) in [5.74, 6) is 1.04. The molecule has 0 radical (unpaired) electrons. The molecule has 3 fully saturated rings. The van der Waals surface area contributed by atoms with Gasteiger partial charge in [-0.3, -0.25) is 0 Å². The Morgan fingerprint density at radius 2 is 1.80 bits per heavy atom. The maximum Gasteiger partial charge on any atom is 0.0633 e. The molecule has 4 atom stereocenters. The molecule has 2 nitrogen and oxygen atoms in total. The molecule has 0 aromatic carbocycles. The summed E-state index contributed by atoms with van der Waals surface area (Å²) in [7, 11) is 0. The second kappa shape index (κ2) is 4.06. The molecule has 1 N–H and O–H groups in total. The van der Waals surface area contributed by atoms with Crippen molar-refractivity contribution in [2.75, 3.05) is 0 Å². The maximum atomic E-state index is 10.4.